The molecule has 9 heteroatoms. The lowest BCUT2D eigenvalue weighted by Gasteiger charge is -2.26. The van der Waals surface area contributed by atoms with Crippen molar-refractivity contribution in [1.82, 2.24) is 4.90 Å². The van der Waals surface area contributed by atoms with E-state index in [-0.39, 0.29) is 11.8 Å². The van der Waals surface area contributed by atoms with E-state index in [2.05, 4.69) is 15.3 Å². The topological polar surface area (TPSA) is 92.6 Å². The number of hydrogen-bond donors (Lipinski definition) is 1. The molecule has 2 aliphatic rings. The van der Waals surface area contributed by atoms with Gasteiger partial charge in [-0.15, -0.1) is 0 Å². The minimum absolute atomic E-state index is 0.152. The Bertz CT molecular complexity index is 1090. The number of rotatable bonds is 5. The van der Waals surface area contributed by atoms with E-state index in [1.807, 2.05) is 24.3 Å². The number of carbonyl (C=O) groups is 2. The number of para-hydroxylation sites is 1. The maximum Gasteiger partial charge on any atom is 0.258 e. The van der Waals surface area contributed by atoms with Gasteiger partial charge >= 0.3 is 0 Å². The molecule has 31 heavy (non-hydrogen) atoms. The van der Waals surface area contributed by atoms with Crippen LogP contribution in [-0.2, 0) is 9.59 Å². The van der Waals surface area contributed by atoms with E-state index in [1.165, 1.54) is 16.7 Å². The van der Waals surface area contributed by atoms with Crippen LogP contribution in [0.25, 0.3) is 0 Å². The lowest BCUT2D eigenvalue weighted by atomic mass is 10.1. The normalized spacial score (nSPS) is 17.9. The van der Waals surface area contributed by atoms with Gasteiger partial charge in [0.15, 0.2) is 5.17 Å². The second-order valence-electron chi connectivity index (χ2n) is 7.06. The van der Waals surface area contributed by atoms with Crippen LogP contribution in [-0.4, -0.2) is 53.2 Å². The molecule has 2 aromatic carbocycles. The molecular weight excluding hydrogens is 416 g/mol. The number of amides is 2. The fourth-order valence-corrected chi connectivity index (χ4v) is 4.20. The van der Waals surface area contributed by atoms with E-state index >= 15 is 0 Å². The van der Waals surface area contributed by atoms with Crippen molar-refractivity contribution in [2.45, 2.75) is 25.1 Å². The maximum atomic E-state index is 12.9. The summed E-state index contributed by atoms with van der Waals surface area (Å²) >= 11 is 1.21. The summed E-state index contributed by atoms with van der Waals surface area (Å²) < 4.78 is 10.5. The summed E-state index contributed by atoms with van der Waals surface area (Å²) in [5.74, 6) is 1.33. The van der Waals surface area contributed by atoms with Gasteiger partial charge in [0.1, 0.15) is 23.4 Å². The van der Waals surface area contributed by atoms with Crippen LogP contribution in [0.4, 0.5) is 11.4 Å². The maximum absolute atomic E-state index is 12.9. The minimum Gasteiger partial charge on any atom is -0.497 e. The third kappa shape index (κ3) is 4.00. The molecule has 0 saturated heterocycles. The second kappa shape index (κ2) is 8.43. The number of amidine groups is 2. The average Bonchev–Trinajstić information content (AvgIpc) is 3.08. The summed E-state index contributed by atoms with van der Waals surface area (Å²) in [7, 11) is 3.09. The molecule has 0 saturated carbocycles. The molecule has 2 aliphatic heterocycles. The van der Waals surface area contributed by atoms with Crippen LogP contribution >= 0.6 is 11.8 Å². The summed E-state index contributed by atoms with van der Waals surface area (Å²) in [5.41, 5.74) is 2.09. The van der Waals surface area contributed by atoms with Crippen LogP contribution < -0.4 is 14.8 Å². The van der Waals surface area contributed by atoms with Crippen molar-refractivity contribution in [3.63, 3.8) is 0 Å². The van der Waals surface area contributed by atoms with E-state index in [9.17, 15) is 9.59 Å². The number of carbonyl (C=O) groups excluding carboxylic acids is 2. The summed E-state index contributed by atoms with van der Waals surface area (Å²) in [4.78, 5) is 36.3. The third-order valence-corrected chi connectivity index (χ3v) is 5.98. The van der Waals surface area contributed by atoms with Gasteiger partial charge in [-0.05, 0) is 26.0 Å². The molecule has 2 aromatic rings. The first-order valence-corrected chi connectivity index (χ1v) is 10.6. The SMILES string of the molecule is COc1cc(NC(=O)C(C)SC2=Nc3ccccc3C3=NC(C)C(=O)N23)cc(OC)c1. The van der Waals surface area contributed by atoms with Gasteiger partial charge in [-0.2, -0.15) is 0 Å². The molecule has 2 amide bonds. The number of nitrogens with one attached hydrogen (secondary N) is 1. The summed E-state index contributed by atoms with van der Waals surface area (Å²) in [6.45, 7) is 3.52. The first-order valence-electron chi connectivity index (χ1n) is 9.71. The van der Waals surface area contributed by atoms with Gasteiger partial charge in [-0.3, -0.25) is 14.6 Å². The van der Waals surface area contributed by atoms with Crippen molar-refractivity contribution in [3.8, 4) is 11.5 Å². The molecule has 2 atom stereocenters. The Morgan fingerprint density at radius 3 is 2.52 bits per heavy atom. The lowest BCUT2D eigenvalue weighted by Crippen LogP contribution is -2.41. The number of ether oxygens (including phenoxy) is 2. The van der Waals surface area contributed by atoms with Gasteiger partial charge in [0.25, 0.3) is 5.91 Å². The van der Waals surface area contributed by atoms with Gasteiger partial charge in [0.05, 0.1) is 25.2 Å². The molecule has 0 spiro atoms. The molecule has 0 radical (unpaired) electrons. The van der Waals surface area contributed by atoms with Crippen molar-refractivity contribution < 1.29 is 19.1 Å². The molecular formula is C22H22N4O4S. The minimum atomic E-state index is -0.522. The Hall–Kier alpha value is -3.33. The quantitative estimate of drug-likeness (QED) is 0.772. The van der Waals surface area contributed by atoms with Crippen molar-refractivity contribution >= 4 is 46.0 Å². The number of nitrogens with zero attached hydrogens (tertiary/aromatic N) is 3. The standard InChI is InChI=1S/C22H22N4O4S/c1-12-21(28)26-19(23-12)17-7-5-6-8-18(17)25-22(26)31-13(2)20(27)24-14-9-15(29-3)11-16(10-14)30-4/h5-13H,1-4H3,(H,24,27). The Labute approximate surface area is 184 Å². The summed E-state index contributed by atoms with van der Waals surface area (Å²) in [5, 5.41) is 2.79. The fourth-order valence-electron chi connectivity index (χ4n) is 3.29. The average molecular weight is 439 g/mol. The van der Waals surface area contributed by atoms with Crippen LogP contribution in [0.5, 0.6) is 11.5 Å². The number of benzene rings is 2. The molecule has 0 aliphatic carbocycles. The third-order valence-electron chi connectivity index (χ3n) is 4.93. The van der Waals surface area contributed by atoms with Gasteiger partial charge in [0, 0.05) is 29.4 Å². The number of fused-ring (bicyclic) bond motifs is 3. The Kier molecular flexibility index (Phi) is 5.69. The molecule has 2 unspecified atom stereocenters. The highest BCUT2D eigenvalue weighted by Gasteiger charge is 2.40. The van der Waals surface area contributed by atoms with Crippen LogP contribution in [0.3, 0.4) is 0 Å². The Morgan fingerprint density at radius 1 is 1.16 bits per heavy atom. The molecule has 0 aromatic heterocycles. The zero-order chi connectivity index (χ0) is 22.1. The fraction of sp³-hybridized carbons (Fsp3) is 0.273. The van der Waals surface area contributed by atoms with Crippen molar-refractivity contribution in [2.75, 3.05) is 19.5 Å². The zero-order valence-electron chi connectivity index (χ0n) is 17.6. The van der Waals surface area contributed by atoms with E-state index in [0.717, 1.165) is 11.3 Å². The van der Waals surface area contributed by atoms with Gasteiger partial charge in [-0.1, -0.05) is 23.9 Å². The number of anilines is 1. The zero-order valence-corrected chi connectivity index (χ0v) is 18.4. The summed E-state index contributed by atoms with van der Waals surface area (Å²) in [6, 6.07) is 12.2. The predicted molar refractivity (Wildman–Crippen MR) is 122 cm³/mol. The number of hydrogen-bond acceptors (Lipinski definition) is 7. The largest absolute Gasteiger partial charge is 0.497 e. The van der Waals surface area contributed by atoms with Crippen molar-refractivity contribution in [3.05, 3.63) is 48.0 Å². The molecule has 2 heterocycles. The molecule has 1 N–H and O–H groups in total. The van der Waals surface area contributed by atoms with Crippen molar-refractivity contribution in [2.24, 2.45) is 9.98 Å². The number of aliphatic imine (C=N–C) groups is 2. The Balaban J connectivity index is 1.56. The van der Waals surface area contributed by atoms with Crippen LogP contribution in [0.2, 0.25) is 0 Å². The first kappa shape index (κ1) is 20.9. The van der Waals surface area contributed by atoms with Crippen LogP contribution in [0, 0.1) is 0 Å². The molecule has 4 rings (SSSR count). The van der Waals surface area contributed by atoms with Gasteiger partial charge < -0.3 is 14.8 Å². The summed E-state index contributed by atoms with van der Waals surface area (Å²) in [6.07, 6.45) is 0. The van der Waals surface area contributed by atoms with Gasteiger partial charge in [-0.25, -0.2) is 9.89 Å². The lowest BCUT2D eigenvalue weighted by molar-refractivity contribution is -0.124. The van der Waals surface area contributed by atoms with E-state index < -0.39 is 11.3 Å². The highest BCUT2D eigenvalue weighted by Crippen LogP contribution is 2.35. The van der Waals surface area contributed by atoms with Crippen LogP contribution in [0.1, 0.15) is 19.4 Å². The monoisotopic (exact) mass is 438 g/mol. The molecule has 0 bridgehead atoms. The first-order chi connectivity index (χ1) is 14.9. The Morgan fingerprint density at radius 2 is 1.84 bits per heavy atom. The van der Waals surface area contributed by atoms with Crippen molar-refractivity contribution in [1.29, 1.82) is 0 Å². The highest BCUT2D eigenvalue weighted by atomic mass is 32.2. The van der Waals surface area contributed by atoms with Gasteiger partial charge in [0.2, 0.25) is 5.91 Å². The smallest absolute Gasteiger partial charge is 0.258 e. The number of methoxy groups -OCH3 is 2. The highest BCUT2D eigenvalue weighted by molar-refractivity contribution is 8.15. The second-order valence-corrected chi connectivity index (χ2v) is 8.37. The van der Waals surface area contributed by atoms with Crippen LogP contribution in [0.15, 0.2) is 52.4 Å². The van der Waals surface area contributed by atoms with E-state index in [0.29, 0.717) is 28.2 Å². The predicted octanol–water partition coefficient (Wildman–Crippen LogP) is 3.44. The molecule has 0 fully saturated rings. The van der Waals surface area contributed by atoms with E-state index in [1.54, 1.807) is 46.3 Å². The molecule has 160 valence electrons. The molecule has 8 nitrogen and oxygen atoms in total. The number of thioether (sulfide) groups is 1. The van der Waals surface area contributed by atoms with E-state index in [4.69, 9.17) is 9.47 Å².